The lowest BCUT2D eigenvalue weighted by Gasteiger charge is -2.11. The summed E-state index contributed by atoms with van der Waals surface area (Å²) >= 11 is 6.09. The first-order valence-electron chi connectivity index (χ1n) is 7.72. The molecule has 1 aromatic heterocycles. The van der Waals surface area contributed by atoms with E-state index in [1.54, 1.807) is 7.05 Å². The minimum atomic E-state index is -4.59. The summed E-state index contributed by atoms with van der Waals surface area (Å²) in [5.41, 5.74) is -0.271. The Kier molecular flexibility index (Phi) is 4.90. The van der Waals surface area contributed by atoms with Gasteiger partial charge in [-0.1, -0.05) is 11.6 Å². The number of nitrogens with zero attached hydrogens (tertiary/aromatic N) is 3. The van der Waals surface area contributed by atoms with Gasteiger partial charge in [-0.2, -0.15) is 13.2 Å². The first-order valence-corrected chi connectivity index (χ1v) is 8.10. The summed E-state index contributed by atoms with van der Waals surface area (Å²) in [6.45, 7) is 0. The van der Waals surface area contributed by atoms with E-state index in [4.69, 9.17) is 11.6 Å². The molecule has 0 amide bonds. The second kappa shape index (κ2) is 7.04. The molecule has 0 radical (unpaired) electrons. The number of benzene rings is 2. The number of hydrogen-bond acceptors (Lipinski definition) is 5. The number of aromatic hydroxyl groups is 1. The number of rotatable bonds is 4. The van der Waals surface area contributed by atoms with E-state index < -0.39 is 22.4 Å². The van der Waals surface area contributed by atoms with E-state index in [1.807, 2.05) is 0 Å². The number of nitrogens with one attached hydrogen (secondary N) is 1. The largest absolute Gasteiger partial charge is 0.507 e. The molecule has 1 heterocycles. The van der Waals surface area contributed by atoms with Crippen LogP contribution < -0.4 is 5.32 Å². The number of alkyl halides is 3. The lowest BCUT2D eigenvalue weighted by atomic mass is 10.1. The molecule has 0 atom stereocenters. The van der Waals surface area contributed by atoms with Gasteiger partial charge < -0.3 is 15.0 Å². The number of anilines is 1. The molecule has 0 aliphatic rings. The van der Waals surface area contributed by atoms with Crippen LogP contribution in [0.2, 0.25) is 5.02 Å². The van der Waals surface area contributed by atoms with Gasteiger partial charge in [0.2, 0.25) is 0 Å². The number of aromatic nitrogens is 2. The molecular weight excluding hydrogens is 401 g/mol. The Bertz CT molecular complexity index is 1070. The summed E-state index contributed by atoms with van der Waals surface area (Å²) in [7, 11) is 1.58. The lowest BCUT2D eigenvalue weighted by Crippen LogP contribution is -2.04. The van der Waals surface area contributed by atoms with Crippen LogP contribution in [0.1, 0.15) is 5.56 Å². The van der Waals surface area contributed by atoms with Gasteiger partial charge in [-0.05, 0) is 18.2 Å². The van der Waals surface area contributed by atoms with Crippen LogP contribution in [0.5, 0.6) is 5.75 Å². The molecule has 0 aliphatic heterocycles. The van der Waals surface area contributed by atoms with E-state index in [0.717, 1.165) is 12.1 Å². The van der Waals surface area contributed by atoms with Crippen molar-refractivity contribution in [1.82, 2.24) is 9.55 Å². The molecule has 0 fully saturated rings. The van der Waals surface area contributed by atoms with Gasteiger partial charge in [-0.15, -0.1) is 0 Å². The number of imidazole rings is 1. The van der Waals surface area contributed by atoms with Crippen molar-refractivity contribution >= 4 is 23.0 Å². The summed E-state index contributed by atoms with van der Waals surface area (Å²) in [5.74, 6) is -0.592. The van der Waals surface area contributed by atoms with Crippen molar-refractivity contribution in [2.75, 3.05) is 12.4 Å². The van der Waals surface area contributed by atoms with Gasteiger partial charge in [0.25, 0.3) is 5.69 Å². The highest BCUT2D eigenvalue weighted by Gasteiger charge is 2.31. The molecular formula is C17H12ClF3N4O3. The number of phenolic OH excluding ortho intramolecular Hbond substituents is 1. The molecule has 2 aromatic carbocycles. The lowest BCUT2D eigenvalue weighted by molar-refractivity contribution is -0.384. The predicted molar refractivity (Wildman–Crippen MR) is 96.9 cm³/mol. The smallest absolute Gasteiger partial charge is 0.416 e. The molecule has 0 spiro atoms. The molecule has 2 N–H and O–H groups in total. The molecule has 0 unspecified atom stereocenters. The maximum Gasteiger partial charge on any atom is 0.416 e. The maximum atomic E-state index is 12.7. The zero-order chi connectivity index (χ0) is 20.6. The molecule has 0 bridgehead atoms. The zero-order valence-corrected chi connectivity index (χ0v) is 14.9. The number of nitro benzene ring substituents is 1. The van der Waals surface area contributed by atoms with Crippen LogP contribution in [0.15, 0.2) is 42.9 Å². The highest BCUT2D eigenvalue weighted by atomic mass is 35.5. The average Bonchev–Trinajstić information content (AvgIpc) is 3.09. The average molecular weight is 413 g/mol. The predicted octanol–water partition coefficient (Wildman–Crippen LogP) is 4.87. The standard InChI is InChI=1S/C17H12ClF3N4O3/c1-22-16-12(18)5-10(25(27)28)6-14(16)24-7-13(23-8-24)11-3-2-9(4-15(11)26)17(19,20)21/h2-8,22,26H,1H3. The second-order valence-electron chi connectivity index (χ2n) is 5.72. The Hall–Kier alpha value is -3.27. The van der Waals surface area contributed by atoms with Crippen LogP contribution in [0.3, 0.4) is 0 Å². The van der Waals surface area contributed by atoms with Crippen LogP contribution in [-0.4, -0.2) is 26.6 Å². The van der Waals surface area contributed by atoms with Gasteiger partial charge in [-0.3, -0.25) is 10.1 Å². The fraction of sp³-hybridized carbons (Fsp3) is 0.118. The van der Waals surface area contributed by atoms with Gasteiger partial charge in [0.1, 0.15) is 5.75 Å². The Morgan fingerprint density at radius 2 is 2.00 bits per heavy atom. The zero-order valence-electron chi connectivity index (χ0n) is 14.2. The van der Waals surface area contributed by atoms with Gasteiger partial charge in [0.05, 0.1) is 38.9 Å². The van der Waals surface area contributed by atoms with Crippen molar-refractivity contribution < 1.29 is 23.2 Å². The summed E-state index contributed by atoms with van der Waals surface area (Å²) in [6, 6.07) is 5.01. The number of nitro groups is 1. The van der Waals surface area contributed by atoms with Gasteiger partial charge in [-0.25, -0.2) is 4.98 Å². The third kappa shape index (κ3) is 3.58. The molecule has 0 saturated carbocycles. The molecule has 0 saturated heterocycles. The van der Waals surface area contributed by atoms with Gasteiger partial charge in [0.15, 0.2) is 0 Å². The molecule has 3 rings (SSSR count). The highest BCUT2D eigenvalue weighted by molar-refractivity contribution is 6.34. The third-order valence-corrected chi connectivity index (χ3v) is 4.27. The topological polar surface area (TPSA) is 93.2 Å². The molecule has 28 heavy (non-hydrogen) atoms. The SMILES string of the molecule is CNc1c(Cl)cc([N+](=O)[O-])cc1-n1cnc(-c2ccc(C(F)(F)F)cc2O)c1. The Labute approximate surface area is 161 Å². The summed E-state index contributed by atoms with van der Waals surface area (Å²) < 4.78 is 39.7. The van der Waals surface area contributed by atoms with Crippen molar-refractivity contribution in [3.63, 3.8) is 0 Å². The van der Waals surface area contributed by atoms with Crippen molar-refractivity contribution in [2.45, 2.75) is 6.18 Å². The second-order valence-corrected chi connectivity index (χ2v) is 6.13. The third-order valence-electron chi connectivity index (χ3n) is 3.98. The van der Waals surface area contributed by atoms with Crippen molar-refractivity contribution in [3.05, 3.63) is 63.6 Å². The molecule has 7 nitrogen and oxygen atoms in total. The number of phenols is 1. The van der Waals surface area contributed by atoms with E-state index in [2.05, 4.69) is 10.3 Å². The first kappa shape index (κ1) is 19.5. The Morgan fingerprint density at radius 3 is 2.57 bits per heavy atom. The molecule has 3 aromatic rings. The van der Waals surface area contributed by atoms with Crippen LogP contribution in [-0.2, 0) is 6.18 Å². The summed E-state index contributed by atoms with van der Waals surface area (Å²) in [4.78, 5) is 14.6. The van der Waals surface area contributed by atoms with E-state index in [1.165, 1.54) is 29.2 Å². The first-order chi connectivity index (χ1) is 13.1. The van der Waals surface area contributed by atoms with E-state index >= 15 is 0 Å². The fourth-order valence-corrected chi connectivity index (χ4v) is 2.96. The van der Waals surface area contributed by atoms with Crippen LogP contribution in [0.25, 0.3) is 16.9 Å². The van der Waals surface area contributed by atoms with Crippen molar-refractivity contribution in [1.29, 1.82) is 0 Å². The quantitative estimate of drug-likeness (QED) is 0.471. The van der Waals surface area contributed by atoms with Crippen molar-refractivity contribution in [2.24, 2.45) is 0 Å². The normalized spacial score (nSPS) is 11.5. The number of hydrogen-bond donors (Lipinski definition) is 2. The maximum absolute atomic E-state index is 12.7. The number of non-ortho nitro benzene ring substituents is 1. The van der Waals surface area contributed by atoms with Gasteiger partial charge >= 0.3 is 6.18 Å². The fourth-order valence-electron chi connectivity index (χ4n) is 2.65. The van der Waals surface area contributed by atoms with E-state index in [9.17, 15) is 28.4 Å². The Balaban J connectivity index is 2.07. The van der Waals surface area contributed by atoms with Crippen molar-refractivity contribution in [3.8, 4) is 22.7 Å². The molecule has 146 valence electrons. The monoisotopic (exact) mass is 412 g/mol. The minimum Gasteiger partial charge on any atom is -0.507 e. The molecule has 11 heteroatoms. The van der Waals surface area contributed by atoms with Crippen LogP contribution in [0.4, 0.5) is 24.5 Å². The summed E-state index contributed by atoms with van der Waals surface area (Å²) in [5, 5.41) is 24.0. The van der Waals surface area contributed by atoms with Crippen LogP contribution >= 0.6 is 11.6 Å². The van der Waals surface area contributed by atoms with E-state index in [-0.39, 0.29) is 22.0 Å². The summed E-state index contributed by atoms with van der Waals surface area (Å²) in [6.07, 6.45) is -1.86. The van der Waals surface area contributed by atoms with E-state index in [0.29, 0.717) is 17.4 Å². The van der Waals surface area contributed by atoms with Crippen LogP contribution in [0, 0.1) is 10.1 Å². The minimum absolute atomic E-state index is 0.0780. The highest BCUT2D eigenvalue weighted by Crippen LogP contribution is 2.37. The number of halogens is 4. The van der Waals surface area contributed by atoms with Gasteiger partial charge in [0, 0.05) is 30.9 Å². The Morgan fingerprint density at radius 1 is 1.29 bits per heavy atom. The molecule has 0 aliphatic carbocycles.